The summed E-state index contributed by atoms with van der Waals surface area (Å²) in [6.07, 6.45) is -9.56. The van der Waals surface area contributed by atoms with Crippen LogP contribution in [0.5, 0.6) is 0 Å². The SMILES string of the molecule is CCCCN1CN(C(F)(F)F)C(c2cccc(C(F)(F)F)c2)O1. The summed E-state index contributed by atoms with van der Waals surface area (Å²) in [5.41, 5.74) is -1.19. The van der Waals surface area contributed by atoms with Gasteiger partial charge in [0, 0.05) is 6.54 Å². The second kappa shape index (κ2) is 6.66. The Balaban J connectivity index is 2.27. The zero-order chi connectivity index (χ0) is 17.3. The molecule has 1 aliphatic rings. The quantitative estimate of drug-likeness (QED) is 0.591. The molecule has 0 spiro atoms. The van der Waals surface area contributed by atoms with Gasteiger partial charge in [-0.25, -0.2) is 0 Å². The average Bonchev–Trinajstić information content (AvgIpc) is 2.89. The number of alkyl halides is 6. The van der Waals surface area contributed by atoms with Gasteiger partial charge in [-0.2, -0.15) is 36.3 Å². The van der Waals surface area contributed by atoms with Crippen LogP contribution in [0.25, 0.3) is 0 Å². The van der Waals surface area contributed by atoms with Crippen molar-refractivity contribution >= 4 is 0 Å². The van der Waals surface area contributed by atoms with Crippen molar-refractivity contribution in [1.29, 1.82) is 0 Å². The number of halogens is 6. The van der Waals surface area contributed by atoms with Gasteiger partial charge in [0.2, 0.25) is 0 Å². The minimum Gasteiger partial charge on any atom is -0.273 e. The first-order chi connectivity index (χ1) is 10.6. The van der Waals surface area contributed by atoms with E-state index in [1.165, 1.54) is 6.07 Å². The third-order valence-electron chi connectivity index (χ3n) is 3.43. The molecule has 9 heteroatoms. The molecule has 3 nitrogen and oxygen atoms in total. The van der Waals surface area contributed by atoms with Crippen LogP contribution in [0.1, 0.15) is 37.1 Å². The fraction of sp³-hybridized carbons (Fsp3) is 0.571. The second-order valence-corrected chi connectivity index (χ2v) is 5.22. The largest absolute Gasteiger partial charge is 0.463 e. The van der Waals surface area contributed by atoms with Crippen LogP contribution in [0.2, 0.25) is 0 Å². The summed E-state index contributed by atoms with van der Waals surface area (Å²) < 4.78 is 77.6. The molecule has 0 aliphatic carbocycles. The summed E-state index contributed by atoms with van der Waals surface area (Å²) >= 11 is 0. The Kier molecular flexibility index (Phi) is 5.22. The predicted molar refractivity (Wildman–Crippen MR) is 69.6 cm³/mol. The van der Waals surface area contributed by atoms with Gasteiger partial charge in [-0.3, -0.25) is 4.84 Å². The summed E-state index contributed by atoms with van der Waals surface area (Å²) in [6, 6.07) is 3.77. The van der Waals surface area contributed by atoms with Crippen molar-refractivity contribution in [2.75, 3.05) is 13.2 Å². The molecule has 23 heavy (non-hydrogen) atoms. The molecule has 0 aromatic heterocycles. The highest BCUT2D eigenvalue weighted by Gasteiger charge is 2.49. The lowest BCUT2D eigenvalue weighted by atomic mass is 10.1. The van der Waals surface area contributed by atoms with E-state index in [1.807, 2.05) is 6.92 Å². The molecule has 0 amide bonds. The van der Waals surface area contributed by atoms with Crippen LogP contribution in [0.15, 0.2) is 24.3 Å². The van der Waals surface area contributed by atoms with E-state index in [-0.39, 0.29) is 17.0 Å². The number of benzene rings is 1. The summed E-state index contributed by atoms with van der Waals surface area (Å²) in [6.45, 7) is 1.62. The van der Waals surface area contributed by atoms with Gasteiger partial charge >= 0.3 is 12.5 Å². The highest BCUT2D eigenvalue weighted by atomic mass is 19.4. The maximum atomic E-state index is 13.1. The van der Waals surface area contributed by atoms with Crippen LogP contribution >= 0.6 is 0 Å². The molecule has 1 heterocycles. The molecule has 1 atom stereocenters. The molecule has 130 valence electrons. The van der Waals surface area contributed by atoms with E-state index in [0.29, 0.717) is 12.5 Å². The summed E-state index contributed by atoms with van der Waals surface area (Å²) in [7, 11) is 0. The molecule has 0 N–H and O–H groups in total. The van der Waals surface area contributed by atoms with Crippen LogP contribution in [0.3, 0.4) is 0 Å². The Bertz CT molecular complexity index is 531. The summed E-state index contributed by atoms with van der Waals surface area (Å²) in [4.78, 5) is 5.31. The van der Waals surface area contributed by atoms with E-state index in [0.717, 1.165) is 23.6 Å². The van der Waals surface area contributed by atoms with Gasteiger partial charge in [0.05, 0.1) is 12.2 Å². The lowest BCUT2D eigenvalue weighted by Crippen LogP contribution is -2.39. The van der Waals surface area contributed by atoms with E-state index in [9.17, 15) is 26.3 Å². The predicted octanol–water partition coefficient (Wildman–Crippen LogP) is 4.53. The Morgan fingerprint density at radius 2 is 1.87 bits per heavy atom. The first kappa shape index (κ1) is 18.0. The fourth-order valence-electron chi connectivity index (χ4n) is 2.26. The van der Waals surface area contributed by atoms with Crippen LogP contribution in [-0.4, -0.2) is 29.5 Å². The zero-order valence-electron chi connectivity index (χ0n) is 12.3. The van der Waals surface area contributed by atoms with Crippen LogP contribution in [-0.2, 0) is 11.0 Å². The van der Waals surface area contributed by atoms with Gasteiger partial charge in [0.25, 0.3) is 0 Å². The van der Waals surface area contributed by atoms with Crippen molar-refractivity contribution in [2.45, 2.75) is 38.5 Å². The maximum Gasteiger partial charge on any atom is 0.463 e. The van der Waals surface area contributed by atoms with Crippen molar-refractivity contribution in [3.05, 3.63) is 35.4 Å². The normalized spacial score (nSPS) is 21.1. The molecule has 0 bridgehead atoms. The molecule has 2 rings (SSSR count). The molecule has 1 saturated heterocycles. The third-order valence-corrected chi connectivity index (χ3v) is 3.43. The fourth-order valence-corrected chi connectivity index (χ4v) is 2.26. The number of unbranched alkanes of at least 4 members (excludes halogenated alkanes) is 1. The van der Waals surface area contributed by atoms with Gasteiger partial charge in [-0.1, -0.05) is 25.5 Å². The highest BCUT2D eigenvalue weighted by Crippen LogP contribution is 2.39. The molecule has 1 aromatic rings. The zero-order valence-corrected chi connectivity index (χ0v) is 12.3. The average molecular weight is 342 g/mol. The van der Waals surface area contributed by atoms with Crippen molar-refractivity contribution in [3.8, 4) is 0 Å². The topological polar surface area (TPSA) is 15.7 Å². The first-order valence-corrected chi connectivity index (χ1v) is 7.05. The monoisotopic (exact) mass is 342 g/mol. The van der Waals surface area contributed by atoms with Gasteiger partial charge in [0.15, 0.2) is 6.23 Å². The van der Waals surface area contributed by atoms with Gasteiger partial charge in [-0.15, -0.1) is 0 Å². The van der Waals surface area contributed by atoms with Crippen molar-refractivity contribution in [1.82, 2.24) is 9.96 Å². The van der Waals surface area contributed by atoms with Crippen LogP contribution in [0.4, 0.5) is 26.3 Å². The number of nitrogens with zero attached hydrogens (tertiary/aromatic N) is 2. The highest BCUT2D eigenvalue weighted by molar-refractivity contribution is 5.27. The van der Waals surface area contributed by atoms with Gasteiger partial charge in [0.1, 0.15) is 0 Å². The molecule has 1 unspecified atom stereocenters. The minimum atomic E-state index is -4.71. The van der Waals surface area contributed by atoms with E-state index < -0.39 is 30.9 Å². The van der Waals surface area contributed by atoms with Crippen molar-refractivity contribution < 1.29 is 31.2 Å². The molecule has 1 fully saturated rings. The molecule has 1 aliphatic heterocycles. The Hall–Kier alpha value is -1.32. The lowest BCUT2D eigenvalue weighted by molar-refractivity contribution is -0.268. The number of hydroxylamine groups is 2. The minimum absolute atomic E-state index is 0.0815. The standard InChI is InChI=1S/C14H16F6N2O/c1-2-3-7-21-9-22(14(18,19)20)12(23-21)10-5-4-6-11(8-10)13(15,16)17/h4-6,8,12H,2-3,7,9H2,1H3. The van der Waals surface area contributed by atoms with E-state index in [1.54, 1.807) is 0 Å². The van der Waals surface area contributed by atoms with Crippen LogP contribution < -0.4 is 0 Å². The first-order valence-electron chi connectivity index (χ1n) is 7.05. The lowest BCUT2D eigenvalue weighted by Gasteiger charge is -2.24. The smallest absolute Gasteiger partial charge is 0.273 e. The molecule has 0 saturated carbocycles. The van der Waals surface area contributed by atoms with E-state index in [4.69, 9.17) is 4.84 Å². The Labute approximate surface area is 129 Å². The van der Waals surface area contributed by atoms with Crippen molar-refractivity contribution in [2.24, 2.45) is 0 Å². The maximum absolute atomic E-state index is 13.1. The molecule has 0 radical (unpaired) electrons. The Morgan fingerprint density at radius 1 is 1.17 bits per heavy atom. The molecular formula is C14H16F6N2O. The summed E-state index contributed by atoms with van der Waals surface area (Å²) in [5, 5.41) is 1.13. The number of hydrogen-bond donors (Lipinski definition) is 0. The van der Waals surface area contributed by atoms with Gasteiger partial charge in [-0.05, 0) is 24.1 Å². The van der Waals surface area contributed by atoms with Gasteiger partial charge < -0.3 is 0 Å². The van der Waals surface area contributed by atoms with Crippen molar-refractivity contribution in [3.63, 3.8) is 0 Å². The third kappa shape index (κ3) is 4.36. The van der Waals surface area contributed by atoms with E-state index >= 15 is 0 Å². The summed E-state index contributed by atoms with van der Waals surface area (Å²) in [5.74, 6) is 0. The second-order valence-electron chi connectivity index (χ2n) is 5.22. The van der Waals surface area contributed by atoms with Crippen LogP contribution in [0, 0.1) is 0 Å². The number of hydrogen-bond acceptors (Lipinski definition) is 3. The molecular weight excluding hydrogens is 326 g/mol. The molecule has 1 aromatic carbocycles. The van der Waals surface area contributed by atoms with E-state index in [2.05, 4.69) is 0 Å². The number of rotatable bonds is 4. The Morgan fingerprint density at radius 3 is 2.43 bits per heavy atom.